The van der Waals surface area contributed by atoms with Gasteiger partial charge in [-0.25, -0.2) is 0 Å². The van der Waals surface area contributed by atoms with Gasteiger partial charge in [0, 0.05) is 19.3 Å². The summed E-state index contributed by atoms with van der Waals surface area (Å²) in [7, 11) is 0. The number of carbonyl (C=O) groups is 3. The van der Waals surface area contributed by atoms with E-state index >= 15 is 0 Å². The molecule has 0 aliphatic carbocycles. The third-order valence-corrected chi connectivity index (χ3v) is 14.6. The van der Waals surface area contributed by atoms with E-state index in [1.165, 1.54) is 225 Å². The minimum absolute atomic E-state index is 0.0672. The fourth-order valence-electron chi connectivity index (χ4n) is 9.73. The van der Waals surface area contributed by atoms with Crippen molar-refractivity contribution in [2.45, 2.75) is 354 Å². The summed E-state index contributed by atoms with van der Waals surface area (Å²) in [4.78, 5) is 38.3. The molecule has 6 heteroatoms. The summed E-state index contributed by atoms with van der Waals surface area (Å²) < 4.78 is 17.0. The summed E-state index contributed by atoms with van der Waals surface area (Å²) in [6, 6.07) is 0. The van der Waals surface area contributed by atoms with Gasteiger partial charge in [-0.15, -0.1) is 0 Å². The maximum Gasteiger partial charge on any atom is 0.306 e. The quantitative estimate of drug-likeness (QED) is 0.0261. The Morgan fingerprint density at radius 2 is 0.527 bits per heavy atom. The van der Waals surface area contributed by atoms with Gasteiger partial charge in [0.1, 0.15) is 13.2 Å². The van der Waals surface area contributed by atoms with Crippen molar-refractivity contribution in [2.75, 3.05) is 13.2 Å². The maximum absolute atomic E-state index is 12.9. The van der Waals surface area contributed by atoms with Crippen LogP contribution in [-0.2, 0) is 28.6 Å². The van der Waals surface area contributed by atoms with Gasteiger partial charge in [0.15, 0.2) is 6.10 Å². The number of ether oxygens (including phenoxy) is 3. The molecule has 1 unspecified atom stereocenters. The van der Waals surface area contributed by atoms with Crippen molar-refractivity contribution in [1.29, 1.82) is 0 Å². The van der Waals surface area contributed by atoms with Crippen LogP contribution in [0.3, 0.4) is 0 Å². The van der Waals surface area contributed by atoms with E-state index in [9.17, 15) is 14.4 Å². The topological polar surface area (TPSA) is 78.9 Å². The molecule has 6 nitrogen and oxygen atoms in total. The largest absolute Gasteiger partial charge is 0.462 e. The molecule has 0 aliphatic heterocycles. The fourth-order valence-corrected chi connectivity index (χ4v) is 9.73. The molecule has 0 bridgehead atoms. The van der Waals surface area contributed by atoms with Crippen LogP contribution < -0.4 is 0 Å². The highest BCUT2D eigenvalue weighted by Crippen LogP contribution is 2.18. The minimum atomic E-state index is -0.770. The van der Waals surface area contributed by atoms with Crippen molar-refractivity contribution in [3.05, 3.63) is 48.6 Å². The highest BCUT2D eigenvalue weighted by Gasteiger charge is 2.19. The Kier molecular flexibility index (Phi) is 60.7. The summed E-state index contributed by atoms with van der Waals surface area (Å²) in [5, 5.41) is 0. The van der Waals surface area contributed by atoms with E-state index < -0.39 is 6.10 Å². The van der Waals surface area contributed by atoms with Gasteiger partial charge in [0.2, 0.25) is 0 Å². The minimum Gasteiger partial charge on any atom is -0.462 e. The molecule has 0 saturated heterocycles. The molecule has 74 heavy (non-hydrogen) atoms. The van der Waals surface area contributed by atoms with E-state index in [0.717, 1.165) is 83.5 Å². The predicted molar refractivity (Wildman–Crippen MR) is 321 cm³/mol. The van der Waals surface area contributed by atoms with Gasteiger partial charge in [0.25, 0.3) is 0 Å². The molecular formula is C68H124O6. The first-order valence-electron chi connectivity index (χ1n) is 32.6. The number of esters is 3. The third-order valence-electron chi connectivity index (χ3n) is 14.6. The third kappa shape index (κ3) is 60.2. The zero-order valence-electron chi connectivity index (χ0n) is 49.6. The van der Waals surface area contributed by atoms with Gasteiger partial charge in [-0.3, -0.25) is 14.4 Å². The number of rotatable bonds is 60. The summed E-state index contributed by atoms with van der Waals surface area (Å²) in [6.07, 6.45) is 78.3. The fraction of sp³-hybridized carbons (Fsp3) is 0.838. The second-order valence-corrected chi connectivity index (χ2v) is 22.0. The number of hydrogen-bond acceptors (Lipinski definition) is 6. The number of carbonyl (C=O) groups excluding carboxylic acids is 3. The molecule has 0 N–H and O–H groups in total. The first-order chi connectivity index (χ1) is 36.5. The second kappa shape index (κ2) is 62.9. The highest BCUT2D eigenvalue weighted by molar-refractivity contribution is 5.71. The SMILES string of the molecule is CC/C=C\C/C=C\C/C=C\C/C=C\CCCCCCCCCCCCCCC(=O)OCC(COC(=O)CCCCCCCCCCCCCCCCC)OC(=O)CCCCCCCCCCCCCCCCCC. The Labute approximate surface area is 460 Å². The zero-order chi connectivity index (χ0) is 53.6. The molecule has 1 atom stereocenters. The van der Waals surface area contributed by atoms with Crippen LogP contribution in [0, 0.1) is 0 Å². The summed E-state index contributed by atoms with van der Waals surface area (Å²) in [6.45, 7) is 6.59. The standard InChI is InChI=1S/C68H124O6/c1-4-7-10-13-16-19-22-25-28-30-31-32-33-34-35-36-37-38-41-43-46-49-52-55-58-61-67(70)73-64-65(63-72-66(69)60-57-54-51-48-45-42-39-27-24-21-18-15-12-9-6-3)74-68(71)62-59-56-53-50-47-44-40-29-26-23-20-17-14-11-8-5-2/h7,10,16,19,25,28,31-32,65H,4-6,8-9,11-15,17-18,20-24,26-27,29-30,33-64H2,1-3H3/b10-7-,19-16-,28-25-,32-31-. The molecule has 0 radical (unpaired) electrons. The predicted octanol–water partition coefficient (Wildman–Crippen LogP) is 22.2. The lowest BCUT2D eigenvalue weighted by Gasteiger charge is -2.18. The van der Waals surface area contributed by atoms with Gasteiger partial charge < -0.3 is 14.2 Å². The van der Waals surface area contributed by atoms with Crippen LogP contribution in [-0.4, -0.2) is 37.2 Å². The molecule has 0 aliphatic rings. The van der Waals surface area contributed by atoms with Crippen LogP contribution in [0.1, 0.15) is 348 Å². The van der Waals surface area contributed by atoms with E-state index in [0.29, 0.717) is 19.3 Å². The smallest absolute Gasteiger partial charge is 0.306 e. The van der Waals surface area contributed by atoms with Crippen molar-refractivity contribution >= 4 is 17.9 Å². The molecule has 0 aromatic rings. The van der Waals surface area contributed by atoms with Crippen molar-refractivity contribution in [2.24, 2.45) is 0 Å². The molecule has 0 aromatic carbocycles. The lowest BCUT2D eigenvalue weighted by Crippen LogP contribution is -2.30. The maximum atomic E-state index is 12.9. The Balaban J connectivity index is 4.27. The molecule has 0 spiro atoms. The monoisotopic (exact) mass is 1040 g/mol. The van der Waals surface area contributed by atoms with Crippen molar-refractivity contribution < 1.29 is 28.6 Å². The molecule has 0 saturated carbocycles. The van der Waals surface area contributed by atoms with Gasteiger partial charge in [-0.2, -0.15) is 0 Å². The van der Waals surface area contributed by atoms with Crippen LogP contribution in [0.15, 0.2) is 48.6 Å². The first kappa shape index (κ1) is 71.4. The van der Waals surface area contributed by atoms with Gasteiger partial charge in [-0.05, 0) is 57.8 Å². The molecule has 0 heterocycles. The van der Waals surface area contributed by atoms with Crippen LogP contribution in [0.5, 0.6) is 0 Å². The van der Waals surface area contributed by atoms with Crippen LogP contribution in [0.25, 0.3) is 0 Å². The highest BCUT2D eigenvalue weighted by atomic mass is 16.6. The van der Waals surface area contributed by atoms with Crippen LogP contribution in [0.2, 0.25) is 0 Å². The number of unbranched alkanes of at least 4 members (excludes halogenated alkanes) is 41. The first-order valence-corrected chi connectivity index (χ1v) is 32.6. The Morgan fingerprint density at radius 3 is 0.824 bits per heavy atom. The number of hydrogen-bond donors (Lipinski definition) is 0. The van der Waals surface area contributed by atoms with E-state index in [-0.39, 0.29) is 31.1 Å². The Hall–Kier alpha value is -2.63. The second-order valence-electron chi connectivity index (χ2n) is 22.0. The van der Waals surface area contributed by atoms with Crippen molar-refractivity contribution in [3.8, 4) is 0 Å². The summed E-state index contributed by atoms with van der Waals surface area (Å²) in [5.74, 6) is -0.844. The van der Waals surface area contributed by atoms with Crippen LogP contribution >= 0.6 is 0 Å². The molecule has 432 valence electrons. The van der Waals surface area contributed by atoms with E-state index in [1.807, 2.05) is 0 Å². The Bertz CT molecular complexity index is 1280. The molecule has 0 amide bonds. The normalized spacial score (nSPS) is 12.3. The van der Waals surface area contributed by atoms with Gasteiger partial charge >= 0.3 is 17.9 Å². The molecule has 0 aromatic heterocycles. The Morgan fingerprint density at radius 1 is 0.284 bits per heavy atom. The van der Waals surface area contributed by atoms with Gasteiger partial charge in [0.05, 0.1) is 0 Å². The molecule has 0 fully saturated rings. The lowest BCUT2D eigenvalue weighted by atomic mass is 10.0. The van der Waals surface area contributed by atoms with Gasteiger partial charge in [-0.1, -0.05) is 320 Å². The number of allylic oxidation sites excluding steroid dienone is 8. The zero-order valence-corrected chi connectivity index (χ0v) is 49.6. The van der Waals surface area contributed by atoms with Crippen LogP contribution in [0.4, 0.5) is 0 Å². The van der Waals surface area contributed by atoms with E-state index in [2.05, 4.69) is 69.4 Å². The lowest BCUT2D eigenvalue weighted by molar-refractivity contribution is -0.167. The molecular weight excluding hydrogens is 913 g/mol. The van der Waals surface area contributed by atoms with Crippen molar-refractivity contribution in [1.82, 2.24) is 0 Å². The average molecular weight is 1040 g/mol. The van der Waals surface area contributed by atoms with E-state index in [1.54, 1.807) is 0 Å². The van der Waals surface area contributed by atoms with Crippen molar-refractivity contribution in [3.63, 3.8) is 0 Å². The average Bonchev–Trinajstić information content (AvgIpc) is 3.40. The molecule has 0 rings (SSSR count). The summed E-state index contributed by atoms with van der Waals surface area (Å²) >= 11 is 0. The van der Waals surface area contributed by atoms with E-state index in [4.69, 9.17) is 14.2 Å². The summed E-state index contributed by atoms with van der Waals surface area (Å²) in [5.41, 5.74) is 0.